The van der Waals surface area contributed by atoms with E-state index in [0.29, 0.717) is 11.1 Å². The average molecular weight is 226 g/mol. The largest absolute Gasteiger partial charge is 0.465 e. The Morgan fingerprint density at radius 3 is 2.65 bits per heavy atom. The number of rotatable bonds is 1. The summed E-state index contributed by atoms with van der Waals surface area (Å²) < 4.78 is 10.4. The zero-order valence-electron chi connectivity index (χ0n) is 9.27. The van der Waals surface area contributed by atoms with Crippen molar-refractivity contribution in [3.8, 4) is 0 Å². The first-order chi connectivity index (χ1) is 8.31. The van der Waals surface area contributed by atoms with Crippen molar-refractivity contribution >= 4 is 27.9 Å². The molecule has 1 heterocycles. The molecule has 0 aliphatic rings. The molecule has 0 saturated carbocycles. The van der Waals surface area contributed by atoms with Crippen molar-refractivity contribution in [3.63, 3.8) is 0 Å². The molecule has 0 aliphatic carbocycles. The van der Waals surface area contributed by atoms with E-state index < -0.39 is 0 Å². The number of methoxy groups -OCH3 is 1. The number of carbonyl (C=O) groups is 1. The predicted molar refractivity (Wildman–Crippen MR) is 65.1 cm³/mol. The summed E-state index contributed by atoms with van der Waals surface area (Å²) in [6.45, 7) is 0. The first-order valence-corrected chi connectivity index (χ1v) is 5.30. The molecule has 0 aliphatic heterocycles. The lowest BCUT2D eigenvalue weighted by Gasteiger charge is -1.98. The molecule has 0 unspecified atom stereocenters. The fourth-order valence-electron chi connectivity index (χ4n) is 2.02. The third kappa shape index (κ3) is 1.40. The number of benzene rings is 2. The van der Waals surface area contributed by atoms with E-state index >= 15 is 0 Å². The molecule has 0 spiro atoms. The van der Waals surface area contributed by atoms with Crippen LogP contribution in [0, 0.1) is 0 Å². The summed E-state index contributed by atoms with van der Waals surface area (Å²) in [7, 11) is 1.36. The van der Waals surface area contributed by atoms with Gasteiger partial charge in [-0.2, -0.15) is 0 Å². The Bertz CT molecular complexity index is 710. The van der Waals surface area contributed by atoms with Crippen LogP contribution in [0.15, 0.2) is 46.9 Å². The van der Waals surface area contributed by atoms with Crippen LogP contribution in [0.25, 0.3) is 21.9 Å². The van der Waals surface area contributed by atoms with Gasteiger partial charge in [0.1, 0.15) is 16.7 Å². The van der Waals surface area contributed by atoms with E-state index in [4.69, 9.17) is 9.15 Å². The second-order valence-electron chi connectivity index (χ2n) is 3.77. The SMILES string of the molecule is COC(=O)c1cccc2c1oc1ccccc12. The van der Waals surface area contributed by atoms with Gasteiger partial charge in [0, 0.05) is 10.8 Å². The Morgan fingerprint density at radius 1 is 1.06 bits per heavy atom. The van der Waals surface area contributed by atoms with Gasteiger partial charge in [0.2, 0.25) is 0 Å². The highest BCUT2D eigenvalue weighted by Crippen LogP contribution is 2.30. The maximum Gasteiger partial charge on any atom is 0.341 e. The minimum absolute atomic E-state index is 0.380. The van der Waals surface area contributed by atoms with Crippen molar-refractivity contribution < 1.29 is 13.9 Å². The van der Waals surface area contributed by atoms with Crippen molar-refractivity contribution in [1.29, 1.82) is 0 Å². The first kappa shape index (κ1) is 9.90. The fraction of sp³-hybridized carbons (Fsp3) is 0.0714. The zero-order valence-corrected chi connectivity index (χ0v) is 9.27. The maximum atomic E-state index is 11.6. The van der Waals surface area contributed by atoms with Gasteiger partial charge in [-0.1, -0.05) is 30.3 Å². The van der Waals surface area contributed by atoms with Crippen LogP contribution < -0.4 is 0 Å². The highest BCUT2D eigenvalue weighted by molar-refractivity contribution is 6.11. The van der Waals surface area contributed by atoms with Gasteiger partial charge < -0.3 is 9.15 Å². The molecule has 0 radical (unpaired) electrons. The number of para-hydroxylation sites is 2. The van der Waals surface area contributed by atoms with Crippen LogP contribution >= 0.6 is 0 Å². The number of carbonyl (C=O) groups excluding carboxylic acids is 1. The normalized spacial score (nSPS) is 10.9. The van der Waals surface area contributed by atoms with E-state index in [1.165, 1.54) is 7.11 Å². The van der Waals surface area contributed by atoms with Gasteiger partial charge in [-0.05, 0) is 12.1 Å². The molecule has 3 heteroatoms. The lowest BCUT2D eigenvalue weighted by molar-refractivity contribution is 0.0602. The number of esters is 1. The Morgan fingerprint density at radius 2 is 1.82 bits per heavy atom. The van der Waals surface area contributed by atoms with Crippen LogP contribution in [0.3, 0.4) is 0 Å². The van der Waals surface area contributed by atoms with Crippen LogP contribution in [-0.4, -0.2) is 13.1 Å². The molecule has 3 rings (SSSR count). The molecule has 1 aromatic heterocycles. The predicted octanol–water partition coefficient (Wildman–Crippen LogP) is 3.37. The summed E-state index contributed by atoms with van der Waals surface area (Å²) >= 11 is 0. The molecule has 0 amide bonds. The summed E-state index contributed by atoms with van der Waals surface area (Å²) in [6.07, 6.45) is 0. The van der Waals surface area contributed by atoms with Crippen molar-refractivity contribution in [2.75, 3.05) is 7.11 Å². The van der Waals surface area contributed by atoms with Crippen LogP contribution in [0.2, 0.25) is 0 Å². The van der Waals surface area contributed by atoms with E-state index in [2.05, 4.69) is 0 Å². The van der Waals surface area contributed by atoms with E-state index in [9.17, 15) is 4.79 Å². The second kappa shape index (κ2) is 3.63. The molecule has 0 saturated heterocycles. The van der Waals surface area contributed by atoms with Gasteiger partial charge in [-0.25, -0.2) is 4.79 Å². The minimum Gasteiger partial charge on any atom is -0.465 e. The summed E-state index contributed by atoms with van der Waals surface area (Å²) in [5.41, 5.74) is 1.82. The lowest BCUT2D eigenvalue weighted by atomic mass is 10.1. The number of furan rings is 1. The highest BCUT2D eigenvalue weighted by atomic mass is 16.5. The molecular weight excluding hydrogens is 216 g/mol. The van der Waals surface area contributed by atoms with Gasteiger partial charge in [0.15, 0.2) is 0 Å². The number of hydrogen-bond donors (Lipinski definition) is 0. The van der Waals surface area contributed by atoms with Gasteiger partial charge >= 0.3 is 5.97 Å². The van der Waals surface area contributed by atoms with E-state index in [0.717, 1.165) is 16.4 Å². The van der Waals surface area contributed by atoms with Crippen molar-refractivity contribution in [3.05, 3.63) is 48.0 Å². The molecule has 17 heavy (non-hydrogen) atoms. The Hall–Kier alpha value is -2.29. The number of fused-ring (bicyclic) bond motifs is 3. The monoisotopic (exact) mass is 226 g/mol. The van der Waals surface area contributed by atoms with Crippen LogP contribution in [-0.2, 0) is 4.74 Å². The zero-order chi connectivity index (χ0) is 11.8. The Kier molecular flexibility index (Phi) is 2.11. The smallest absolute Gasteiger partial charge is 0.341 e. The number of ether oxygens (including phenoxy) is 1. The standard InChI is InChI=1S/C14H10O3/c1-16-14(15)11-7-4-6-10-9-5-2-3-8-12(9)17-13(10)11/h2-8H,1H3. The fourth-order valence-corrected chi connectivity index (χ4v) is 2.02. The van der Waals surface area contributed by atoms with Crippen LogP contribution in [0.5, 0.6) is 0 Å². The summed E-state index contributed by atoms with van der Waals surface area (Å²) in [6, 6.07) is 13.2. The highest BCUT2D eigenvalue weighted by Gasteiger charge is 2.15. The molecule has 0 bridgehead atoms. The molecule has 2 aromatic carbocycles. The van der Waals surface area contributed by atoms with E-state index in [-0.39, 0.29) is 5.97 Å². The molecule has 0 atom stereocenters. The van der Waals surface area contributed by atoms with Gasteiger partial charge in [0.25, 0.3) is 0 Å². The summed E-state index contributed by atoms with van der Waals surface area (Å²) in [4.78, 5) is 11.6. The van der Waals surface area contributed by atoms with E-state index in [1.807, 2.05) is 36.4 Å². The molecule has 84 valence electrons. The molecule has 3 aromatic rings. The second-order valence-corrected chi connectivity index (χ2v) is 3.77. The number of hydrogen-bond acceptors (Lipinski definition) is 3. The first-order valence-electron chi connectivity index (χ1n) is 5.30. The summed E-state index contributed by atoms with van der Waals surface area (Å²) in [5, 5.41) is 1.94. The summed E-state index contributed by atoms with van der Waals surface area (Å²) in [5.74, 6) is -0.380. The molecule has 3 nitrogen and oxygen atoms in total. The third-order valence-corrected chi connectivity index (χ3v) is 2.81. The van der Waals surface area contributed by atoms with Gasteiger partial charge in [0.05, 0.1) is 7.11 Å². The Labute approximate surface area is 97.6 Å². The molecule has 0 N–H and O–H groups in total. The van der Waals surface area contributed by atoms with Crippen molar-refractivity contribution in [2.24, 2.45) is 0 Å². The van der Waals surface area contributed by atoms with Gasteiger partial charge in [-0.3, -0.25) is 0 Å². The molecule has 0 fully saturated rings. The minimum atomic E-state index is -0.380. The topological polar surface area (TPSA) is 39.4 Å². The average Bonchev–Trinajstić information content (AvgIpc) is 2.76. The maximum absolute atomic E-state index is 11.6. The van der Waals surface area contributed by atoms with Crippen LogP contribution in [0.1, 0.15) is 10.4 Å². The quantitative estimate of drug-likeness (QED) is 0.597. The van der Waals surface area contributed by atoms with Crippen LogP contribution in [0.4, 0.5) is 0 Å². The van der Waals surface area contributed by atoms with Crippen molar-refractivity contribution in [1.82, 2.24) is 0 Å². The van der Waals surface area contributed by atoms with Crippen molar-refractivity contribution in [2.45, 2.75) is 0 Å². The Balaban J connectivity index is 2.43. The third-order valence-electron chi connectivity index (χ3n) is 2.81. The van der Waals surface area contributed by atoms with E-state index in [1.54, 1.807) is 6.07 Å². The van der Waals surface area contributed by atoms with Gasteiger partial charge in [-0.15, -0.1) is 0 Å². The molecular formula is C14H10O3. The lowest BCUT2D eigenvalue weighted by Crippen LogP contribution is -2.00.